The number of amides is 1. The zero-order valence-corrected chi connectivity index (χ0v) is 12.6. The van der Waals surface area contributed by atoms with Gasteiger partial charge in [0.05, 0.1) is 18.1 Å². The summed E-state index contributed by atoms with van der Waals surface area (Å²) in [5, 5.41) is 3.54. The van der Waals surface area contributed by atoms with Gasteiger partial charge in [0.1, 0.15) is 0 Å². The predicted octanol–water partition coefficient (Wildman–Crippen LogP) is 3.23. The summed E-state index contributed by atoms with van der Waals surface area (Å²) >= 11 is 12.8. The molecule has 0 spiro atoms. The summed E-state index contributed by atoms with van der Waals surface area (Å²) in [5.41, 5.74) is 0.527. The van der Waals surface area contributed by atoms with Crippen molar-refractivity contribution < 1.29 is 14.3 Å². The molecule has 104 valence electrons. The van der Waals surface area contributed by atoms with E-state index in [-0.39, 0.29) is 23.4 Å². The molecule has 1 aromatic carbocycles. The summed E-state index contributed by atoms with van der Waals surface area (Å²) in [7, 11) is 0. The van der Waals surface area contributed by atoms with Crippen molar-refractivity contribution in [3.63, 3.8) is 0 Å². The Morgan fingerprint density at radius 2 is 1.84 bits per heavy atom. The molecule has 0 fully saturated rings. The number of rotatable bonds is 6. The van der Waals surface area contributed by atoms with Gasteiger partial charge in [-0.05, 0) is 25.1 Å². The Morgan fingerprint density at radius 3 is 2.42 bits per heavy atom. The van der Waals surface area contributed by atoms with E-state index in [0.29, 0.717) is 22.3 Å². The van der Waals surface area contributed by atoms with Crippen molar-refractivity contribution >= 4 is 52.5 Å². The Kier molecular flexibility index (Phi) is 7.05. The molecule has 7 heteroatoms. The van der Waals surface area contributed by atoms with Crippen molar-refractivity contribution in [2.24, 2.45) is 0 Å². The standard InChI is InChI=1S/C12H13Cl2NO3S/c1-2-18-12(17)7-19-6-11(16)15-10-4-8(13)3-9(14)5-10/h3-5H,2,6-7H2,1H3,(H,15,16). The highest BCUT2D eigenvalue weighted by molar-refractivity contribution is 8.00. The summed E-state index contributed by atoms with van der Waals surface area (Å²) < 4.78 is 4.75. The van der Waals surface area contributed by atoms with Crippen molar-refractivity contribution in [2.45, 2.75) is 6.92 Å². The van der Waals surface area contributed by atoms with Crippen molar-refractivity contribution in [1.82, 2.24) is 0 Å². The summed E-state index contributed by atoms with van der Waals surface area (Å²) in [6, 6.07) is 4.77. The van der Waals surface area contributed by atoms with Gasteiger partial charge in [-0.2, -0.15) is 0 Å². The minimum atomic E-state index is -0.328. The molecule has 0 saturated carbocycles. The van der Waals surface area contributed by atoms with Crippen molar-refractivity contribution in [1.29, 1.82) is 0 Å². The Morgan fingerprint density at radius 1 is 1.21 bits per heavy atom. The second-order valence-corrected chi connectivity index (χ2v) is 5.36. The average molecular weight is 322 g/mol. The van der Waals surface area contributed by atoms with Gasteiger partial charge >= 0.3 is 5.97 Å². The first-order valence-corrected chi connectivity index (χ1v) is 7.41. The van der Waals surface area contributed by atoms with Gasteiger partial charge in [-0.1, -0.05) is 23.2 Å². The molecule has 0 heterocycles. The SMILES string of the molecule is CCOC(=O)CSCC(=O)Nc1cc(Cl)cc(Cl)c1. The van der Waals surface area contributed by atoms with Crippen LogP contribution in [0.25, 0.3) is 0 Å². The lowest BCUT2D eigenvalue weighted by Crippen LogP contribution is -2.16. The molecule has 4 nitrogen and oxygen atoms in total. The first kappa shape index (κ1) is 16.1. The van der Waals surface area contributed by atoms with Crippen LogP contribution in [0.4, 0.5) is 5.69 Å². The zero-order chi connectivity index (χ0) is 14.3. The molecule has 0 radical (unpaired) electrons. The van der Waals surface area contributed by atoms with E-state index in [1.807, 2.05) is 0 Å². The maximum atomic E-state index is 11.6. The van der Waals surface area contributed by atoms with E-state index in [1.165, 1.54) is 11.8 Å². The number of anilines is 1. The van der Waals surface area contributed by atoms with Crippen LogP contribution < -0.4 is 5.32 Å². The van der Waals surface area contributed by atoms with Crippen molar-refractivity contribution in [2.75, 3.05) is 23.4 Å². The summed E-state index contributed by atoms with van der Waals surface area (Å²) in [4.78, 5) is 22.7. The third-order valence-electron chi connectivity index (χ3n) is 1.90. The Bertz CT molecular complexity index is 448. The third kappa shape index (κ3) is 6.71. The molecule has 1 amide bonds. The molecular weight excluding hydrogens is 309 g/mol. The lowest BCUT2D eigenvalue weighted by atomic mass is 10.3. The van der Waals surface area contributed by atoms with E-state index >= 15 is 0 Å². The monoisotopic (exact) mass is 321 g/mol. The van der Waals surface area contributed by atoms with Gasteiger partial charge in [0, 0.05) is 15.7 Å². The second kappa shape index (κ2) is 8.30. The molecule has 1 rings (SSSR count). The van der Waals surface area contributed by atoms with Crippen LogP contribution >= 0.6 is 35.0 Å². The van der Waals surface area contributed by atoms with Gasteiger partial charge in [-0.25, -0.2) is 0 Å². The molecule has 19 heavy (non-hydrogen) atoms. The number of carbonyl (C=O) groups excluding carboxylic acids is 2. The normalized spacial score (nSPS) is 10.1. The number of hydrogen-bond donors (Lipinski definition) is 1. The molecule has 1 N–H and O–H groups in total. The molecule has 0 saturated heterocycles. The second-order valence-electron chi connectivity index (χ2n) is 3.50. The van der Waals surface area contributed by atoms with Gasteiger partial charge in [-0.15, -0.1) is 11.8 Å². The Hall–Kier alpha value is -0.910. The van der Waals surface area contributed by atoms with Crippen LogP contribution in [0.2, 0.25) is 10.0 Å². The third-order valence-corrected chi connectivity index (χ3v) is 3.25. The van der Waals surface area contributed by atoms with E-state index < -0.39 is 0 Å². The minimum Gasteiger partial charge on any atom is -0.465 e. The highest BCUT2D eigenvalue weighted by Crippen LogP contribution is 2.22. The number of halogens is 2. The van der Waals surface area contributed by atoms with E-state index in [9.17, 15) is 9.59 Å². The van der Waals surface area contributed by atoms with Crippen LogP contribution in [0.15, 0.2) is 18.2 Å². The van der Waals surface area contributed by atoms with E-state index in [1.54, 1.807) is 25.1 Å². The van der Waals surface area contributed by atoms with Crippen LogP contribution in [0.1, 0.15) is 6.92 Å². The van der Waals surface area contributed by atoms with E-state index in [2.05, 4.69) is 5.32 Å². The number of benzene rings is 1. The maximum Gasteiger partial charge on any atom is 0.315 e. The average Bonchev–Trinajstić information content (AvgIpc) is 2.27. The first-order valence-electron chi connectivity index (χ1n) is 5.50. The highest BCUT2D eigenvalue weighted by atomic mass is 35.5. The fourth-order valence-electron chi connectivity index (χ4n) is 1.25. The quantitative estimate of drug-likeness (QED) is 0.817. The fourth-order valence-corrected chi connectivity index (χ4v) is 2.39. The lowest BCUT2D eigenvalue weighted by molar-refractivity contribution is -0.139. The molecular formula is C12H13Cl2NO3S. The molecule has 0 atom stereocenters. The summed E-state index contributed by atoms with van der Waals surface area (Å²) in [5.74, 6) is -0.251. The number of ether oxygens (including phenoxy) is 1. The van der Waals surface area contributed by atoms with Gasteiger partial charge in [0.2, 0.25) is 5.91 Å². The van der Waals surface area contributed by atoms with Gasteiger partial charge in [0.15, 0.2) is 0 Å². The molecule has 0 unspecified atom stereocenters. The van der Waals surface area contributed by atoms with Gasteiger partial charge in [0.25, 0.3) is 0 Å². The van der Waals surface area contributed by atoms with Gasteiger partial charge in [-0.3, -0.25) is 9.59 Å². The van der Waals surface area contributed by atoms with Crippen LogP contribution in [0, 0.1) is 0 Å². The summed E-state index contributed by atoms with van der Waals surface area (Å²) in [6.07, 6.45) is 0. The number of thioether (sulfide) groups is 1. The smallest absolute Gasteiger partial charge is 0.315 e. The Balaban J connectivity index is 2.37. The fraction of sp³-hybridized carbons (Fsp3) is 0.333. The highest BCUT2D eigenvalue weighted by Gasteiger charge is 2.07. The number of nitrogens with one attached hydrogen (secondary N) is 1. The minimum absolute atomic E-state index is 0.150. The first-order chi connectivity index (χ1) is 9.01. The molecule has 0 aliphatic heterocycles. The maximum absolute atomic E-state index is 11.6. The molecule has 0 bridgehead atoms. The zero-order valence-electron chi connectivity index (χ0n) is 10.2. The molecule has 1 aromatic rings. The number of esters is 1. The lowest BCUT2D eigenvalue weighted by Gasteiger charge is -2.06. The van der Waals surface area contributed by atoms with E-state index in [4.69, 9.17) is 27.9 Å². The van der Waals surface area contributed by atoms with Crippen LogP contribution in [-0.4, -0.2) is 30.0 Å². The van der Waals surface area contributed by atoms with Crippen LogP contribution in [0.5, 0.6) is 0 Å². The largest absolute Gasteiger partial charge is 0.465 e. The predicted molar refractivity (Wildman–Crippen MR) is 79.0 cm³/mol. The van der Waals surface area contributed by atoms with E-state index in [0.717, 1.165) is 0 Å². The Labute approximate surface area is 125 Å². The molecule has 0 aliphatic rings. The van der Waals surface area contributed by atoms with Crippen LogP contribution in [0.3, 0.4) is 0 Å². The number of carbonyl (C=O) groups is 2. The van der Waals surface area contributed by atoms with Crippen LogP contribution in [-0.2, 0) is 14.3 Å². The molecule has 0 aliphatic carbocycles. The topological polar surface area (TPSA) is 55.4 Å². The molecule has 0 aromatic heterocycles. The van der Waals surface area contributed by atoms with Gasteiger partial charge < -0.3 is 10.1 Å². The van der Waals surface area contributed by atoms with Crippen molar-refractivity contribution in [3.05, 3.63) is 28.2 Å². The summed E-state index contributed by atoms with van der Waals surface area (Å²) in [6.45, 7) is 2.07. The van der Waals surface area contributed by atoms with Crippen molar-refractivity contribution in [3.8, 4) is 0 Å². The number of hydrogen-bond acceptors (Lipinski definition) is 4.